The Morgan fingerprint density at radius 1 is 0.905 bits per heavy atom. The molecule has 214 valence electrons. The minimum atomic E-state index is -4.66. The highest BCUT2D eigenvalue weighted by Gasteiger charge is 2.23. The molecule has 0 aromatic heterocycles. The number of hydrogen-bond acceptors (Lipinski definition) is 7. The van der Waals surface area contributed by atoms with Gasteiger partial charge in [0.2, 0.25) is 0 Å². The van der Waals surface area contributed by atoms with Crippen LogP contribution in [0.15, 0.2) is 88.1 Å². The van der Waals surface area contributed by atoms with Crippen molar-refractivity contribution in [3.8, 4) is 33.9 Å². The topological polar surface area (TPSA) is 196 Å². The molecule has 3 aromatic carbocycles. The number of fused-ring (bicyclic) bond motifs is 2. The van der Waals surface area contributed by atoms with E-state index in [4.69, 9.17) is 14.2 Å². The van der Waals surface area contributed by atoms with Crippen LogP contribution in [0.3, 0.4) is 0 Å². The molecular formula is C29H23N2O10P. The van der Waals surface area contributed by atoms with E-state index in [0.29, 0.717) is 28.6 Å². The van der Waals surface area contributed by atoms with Gasteiger partial charge in [0.1, 0.15) is 22.8 Å². The summed E-state index contributed by atoms with van der Waals surface area (Å²) in [6.45, 7) is 0.223. The van der Waals surface area contributed by atoms with Crippen LogP contribution in [0.4, 0.5) is 10.5 Å². The Morgan fingerprint density at radius 2 is 1.67 bits per heavy atom. The molecule has 3 aromatic rings. The molecule has 0 saturated heterocycles. The van der Waals surface area contributed by atoms with E-state index in [-0.39, 0.29) is 45.9 Å². The van der Waals surface area contributed by atoms with Crippen LogP contribution >= 0.6 is 7.82 Å². The maximum Gasteiger partial charge on any atom is 0.524 e. The van der Waals surface area contributed by atoms with Gasteiger partial charge in [0.25, 0.3) is 0 Å². The van der Waals surface area contributed by atoms with Crippen molar-refractivity contribution in [2.24, 2.45) is 0 Å². The number of phenolic OH excluding ortho intramolecular Hbond substituents is 1. The average molecular weight is 590 g/mol. The molecule has 1 aliphatic heterocycles. The fourth-order valence-corrected chi connectivity index (χ4v) is 4.91. The Morgan fingerprint density at radius 3 is 2.38 bits per heavy atom. The number of urea groups is 1. The van der Waals surface area contributed by atoms with Gasteiger partial charge in [-0.2, -0.15) is 0 Å². The van der Waals surface area contributed by atoms with Crippen LogP contribution in [-0.2, 0) is 11.0 Å². The van der Waals surface area contributed by atoms with Crippen LogP contribution in [0.25, 0.3) is 33.4 Å². The van der Waals surface area contributed by atoms with E-state index in [0.717, 1.165) is 5.56 Å². The normalized spacial score (nSPS) is 11.4. The minimum Gasteiger partial charge on any atom is -0.508 e. The Bertz CT molecular complexity index is 1900. The number of benzene rings is 4. The molecule has 0 fully saturated rings. The molecule has 2 aliphatic rings. The first-order valence-electron chi connectivity index (χ1n) is 12.4. The summed E-state index contributed by atoms with van der Waals surface area (Å²) in [5.74, 6) is -1.08. The van der Waals surface area contributed by atoms with Gasteiger partial charge in [-0.3, -0.25) is 14.6 Å². The largest absolute Gasteiger partial charge is 0.524 e. The van der Waals surface area contributed by atoms with Crippen LogP contribution in [0, 0.1) is 0 Å². The number of carbonyl (C=O) groups is 2. The van der Waals surface area contributed by atoms with Crippen molar-refractivity contribution in [1.29, 1.82) is 0 Å². The van der Waals surface area contributed by atoms with E-state index in [9.17, 15) is 29.2 Å². The van der Waals surface area contributed by atoms with Crippen LogP contribution in [0.2, 0.25) is 0 Å². The Labute approximate surface area is 237 Å². The molecule has 6 N–H and O–H groups in total. The number of carboxylic acids is 1. The lowest BCUT2D eigenvalue weighted by Gasteiger charge is -2.18. The second kappa shape index (κ2) is 11.4. The van der Waals surface area contributed by atoms with Gasteiger partial charge in [0, 0.05) is 40.9 Å². The maximum atomic E-state index is 12.7. The smallest absolute Gasteiger partial charge is 0.508 e. The highest BCUT2D eigenvalue weighted by Crippen LogP contribution is 2.42. The number of amides is 2. The Kier molecular flexibility index (Phi) is 7.68. The van der Waals surface area contributed by atoms with E-state index in [1.807, 2.05) is 0 Å². The molecule has 0 radical (unpaired) electrons. The number of rotatable bonds is 8. The first-order valence-corrected chi connectivity index (χ1v) is 14.0. The number of aromatic hydroxyl groups is 1. The van der Waals surface area contributed by atoms with E-state index in [1.54, 1.807) is 18.2 Å². The number of phosphoric acid groups is 1. The fraction of sp³-hybridized carbons (Fsp3) is 0.0690. The lowest BCUT2D eigenvalue weighted by atomic mass is 9.90. The van der Waals surface area contributed by atoms with Gasteiger partial charge < -0.3 is 29.8 Å². The predicted molar refractivity (Wildman–Crippen MR) is 153 cm³/mol. The molecule has 0 saturated carbocycles. The summed E-state index contributed by atoms with van der Waals surface area (Å²) in [6.07, 6.45) is 0.410. The van der Waals surface area contributed by atoms with Crippen molar-refractivity contribution in [3.05, 3.63) is 100 Å². The number of aromatic carboxylic acids is 1. The molecule has 13 heteroatoms. The molecule has 0 spiro atoms. The number of carbonyl (C=O) groups excluding carboxylic acids is 1. The number of phosphoric ester groups is 1. The summed E-state index contributed by atoms with van der Waals surface area (Å²) in [5.41, 5.74) is 2.11. The van der Waals surface area contributed by atoms with Crippen LogP contribution in [0.5, 0.6) is 11.5 Å². The lowest BCUT2D eigenvalue weighted by Crippen LogP contribution is -2.30. The average Bonchev–Trinajstić information content (AvgIpc) is 2.91. The highest BCUT2D eigenvalue weighted by molar-refractivity contribution is 7.46. The van der Waals surface area contributed by atoms with E-state index in [1.165, 1.54) is 60.7 Å². The van der Waals surface area contributed by atoms with Crippen LogP contribution < -0.4 is 20.6 Å². The zero-order valence-electron chi connectivity index (χ0n) is 21.6. The maximum absolute atomic E-state index is 12.7. The Balaban J connectivity index is 1.40. The van der Waals surface area contributed by atoms with Crippen molar-refractivity contribution in [2.75, 3.05) is 11.9 Å². The molecule has 0 bridgehead atoms. The molecule has 0 unspecified atom stereocenters. The standard InChI is InChI=1S/C29H23N2O10P/c32-18-4-9-22-25(14-18)40-26-15-19(33)5-10-23(26)27(22)24-13-17(3-8-21(24)28(34)35)31-29(36)30-12-11-16-1-6-20(7-2-16)41-42(37,38)39/h1-10,13-15,32H,11-12H2,(H,34,35)(H2,30,31,36)(H2,37,38,39). The third kappa shape index (κ3) is 6.42. The van der Waals surface area contributed by atoms with E-state index in [2.05, 4.69) is 15.2 Å². The summed E-state index contributed by atoms with van der Waals surface area (Å²) in [6, 6.07) is 18.3. The zero-order chi connectivity index (χ0) is 30.0. The number of anilines is 1. The quantitative estimate of drug-likeness (QED) is 0.108. The van der Waals surface area contributed by atoms with E-state index >= 15 is 0 Å². The van der Waals surface area contributed by atoms with Crippen molar-refractivity contribution >= 4 is 36.5 Å². The number of hydrogen-bond donors (Lipinski definition) is 6. The van der Waals surface area contributed by atoms with Crippen molar-refractivity contribution < 1.29 is 43.1 Å². The lowest BCUT2D eigenvalue weighted by molar-refractivity contribution is 0.0697. The third-order valence-electron chi connectivity index (χ3n) is 6.30. The molecule has 12 nitrogen and oxygen atoms in total. The van der Waals surface area contributed by atoms with Crippen LogP contribution in [-0.4, -0.2) is 38.5 Å². The number of nitrogens with one attached hydrogen (secondary N) is 2. The Hall–Kier alpha value is -5.16. The predicted octanol–water partition coefficient (Wildman–Crippen LogP) is 4.80. The first-order chi connectivity index (χ1) is 20.0. The van der Waals surface area contributed by atoms with Gasteiger partial charge >= 0.3 is 19.8 Å². The van der Waals surface area contributed by atoms with Crippen molar-refractivity contribution in [2.45, 2.75) is 6.42 Å². The second-order valence-electron chi connectivity index (χ2n) is 9.24. The number of phenols is 1. The van der Waals surface area contributed by atoms with Crippen molar-refractivity contribution in [3.63, 3.8) is 0 Å². The third-order valence-corrected chi connectivity index (χ3v) is 6.75. The summed E-state index contributed by atoms with van der Waals surface area (Å²) >= 11 is 0. The monoisotopic (exact) mass is 590 g/mol. The molecule has 42 heavy (non-hydrogen) atoms. The van der Waals surface area contributed by atoms with Crippen molar-refractivity contribution in [1.82, 2.24) is 5.32 Å². The molecule has 0 atom stereocenters. The van der Waals surface area contributed by atoms with Crippen LogP contribution in [0.1, 0.15) is 15.9 Å². The summed E-state index contributed by atoms with van der Waals surface area (Å²) < 4.78 is 21.3. The molecule has 5 rings (SSSR count). The van der Waals surface area contributed by atoms with Gasteiger partial charge in [0.15, 0.2) is 5.43 Å². The van der Waals surface area contributed by atoms with Gasteiger partial charge in [-0.15, -0.1) is 0 Å². The molecule has 1 aliphatic carbocycles. The number of carboxylic acid groups (broad SMARTS) is 1. The molecular weight excluding hydrogens is 567 g/mol. The molecule has 2 amide bonds. The summed E-state index contributed by atoms with van der Waals surface area (Å²) in [4.78, 5) is 54.7. The fourth-order valence-electron chi connectivity index (χ4n) is 4.51. The second-order valence-corrected chi connectivity index (χ2v) is 10.4. The highest BCUT2D eigenvalue weighted by atomic mass is 31.2. The van der Waals surface area contributed by atoms with Gasteiger partial charge in [-0.25, -0.2) is 14.2 Å². The zero-order valence-corrected chi connectivity index (χ0v) is 22.5. The summed E-state index contributed by atoms with van der Waals surface area (Å²) in [5, 5.41) is 25.8. The van der Waals surface area contributed by atoms with Gasteiger partial charge in [-0.05, 0) is 72.1 Å². The molecule has 1 heterocycles. The first kappa shape index (κ1) is 28.4. The SMILES string of the molecule is O=C(NCCc1ccc(OP(=O)(O)O)cc1)Nc1ccc(C(=O)O)c(-c2c3ccc(=O)cc-3oc3cc(O)ccc23)c1. The minimum absolute atomic E-state index is 0.0105. The van der Waals surface area contributed by atoms with Gasteiger partial charge in [-0.1, -0.05) is 12.1 Å². The van der Waals surface area contributed by atoms with Gasteiger partial charge in [0.05, 0.1) is 5.56 Å². The van der Waals surface area contributed by atoms with E-state index < -0.39 is 19.8 Å². The summed E-state index contributed by atoms with van der Waals surface area (Å²) in [7, 11) is -4.66.